The van der Waals surface area contributed by atoms with Gasteiger partial charge in [-0.15, -0.1) is 0 Å². The highest BCUT2D eigenvalue weighted by molar-refractivity contribution is 5.71. The van der Waals surface area contributed by atoms with E-state index in [1.54, 1.807) is 0 Å². The number of carboxylic acid groups (broad SMARTS) is 1. The van der Waals surface area contributed by atoms with Gasteiger partial charge < -0.3 is 10.4 Å². The summed E-state index contributed by atoms with van der Waals surface area (Å²) in [5, 5.41) is 11.9. The lowest BCUT2D eigenvalue weighted by molar-refractivity contribution is -0.138. The number of halogens is 3. The Bertz CT molecular complexity index is 484. The van der Waals surface area contributed by atoms with Crippen molar-refractivity contribution in [2.75, 3.05) is 5.32 Å². The monoisotopic (exact) mass is 273 g/mol. The van der Waals surface area contributed by atoms with Crippen LogP contribution < -0.4 is 5.32 Å². The molecule has 2 atom stereocenters. The zero-order valence-corrected chi connectivity index (χ0v) is 10.3. The highest BCUT2D eigenvalue weighted by atomic mass is 19.4. The van der Waals surface area contributed by atoms with Crippen LogP contribution in [0.3, 0.4) is 0 Å². The average Bonchev–Trinajstić information content (AvgIpc) is 2.86. The molecule has 0 bridgehead atoms. The molecule has 0 unspecified atom stereocenters. The third kappa shape index (κ3) is 3.00. The van der Waals surface area contributed by atoms with Gasteiger partial charge in [-0.3, -0.25) is 4.79 Å². The second-order valence-corrected chi connectivity index (χ2v) is 5.03. The van der Waals surface area contributed by atoms with Crippen LogP contribution in [0.2, 0.25) is 0 Å². The molecule has 1 aliphatic carbocycles. The van der Waals surface area contributed by atoms with E-state index < -0.39 is 23.2 Å². The molecule has 2 N–H and O–H groups in total. The lowest BCUT2D eigenvalue weighted by Gasteiger charge is -2.18. The van der Waals surface area contributed by atoms with Gasteiger partial charge in [0.05, 0.1) is 17.5 Å². The minimum Gasteiger partial charge on any atom is -0.481 e. The Morgan fingerprint density at radius 1 is 1.42 bits per heavy atom. The van der Waals surface area contributed by atoms with Gasteiger partial charge in [-0.05, 0) is 36.6 Å². The highest BCUT2D eigenvalue weighted by Crippen LogP contribution is 2.48. The van der Waals surface area contributed by atoms with E-state index >= 15 is 0 Å². The predicted octanol–water partition coefficient (Wildman–Crippen LogP) is 3.37. The largest absolute Gasteiger partial charge is 0.481 e. The first kappa shape index (κ1) is 13.7. The van der Waals surface area contributed by atoms with Crippen molar-refractivity contribution in [2.24, 2.45) is 5.92 Å². The van der Waals surface area contributed by atoms with Gasteiger partial charge in [0, 0.05) is 5.69 Å². The zero-order valence-electron chi connectivity index (χ0n) is 10.3. The van der Waals surface area contributed by atoms with Crippen molar-refractivity contribution in [2.45, 2.75) is 31.5 Å². The Kier molecular flexibility index (Phi) is 3.20. The molecule has 0 radical (unpaired) electrons. The molecule has 6 heteroatoms. The lowest BCUT2D eigenvalue weighted by Crippen LogP contribution is -2.27. The fourth-order valence-electron chi connectivity index (χ4n) is 2.25. The average molecular weight is 273 g/mol. The van der Waals surface area contributed by atoms with E-state index in [2.05, 4.69) is 5.32 Å². The summed E-state index contributed by atoms with van der Waals surface area (Å²) in [7, 11) is 0. The van der Waals surface area contributed by atoms with Gasteiger partial charge in [0.2, 0.25) is 0 Å². The number of carboxylic acids is 1. The van der Waals surface area contributed by atoms with Crippen LogP contribution >= 0.6 is 0 Å². The molecule has 0 spiro atoms. The van der Waals surface area contributed by atoms with Crippen LogP contribution in [0.4, 0.5) is 18.9 Å². The van der Waals surface area contributed by atoms with Crippen LogP contribution in [0.5, 0.6) is 0 Å². The van der Waals surface area contributed by atoms with Gasteiger partial charge in [0.25, 0.3) is 0 Å². The Hall–Kier alpha value is -1.72. The number of hydrogen-bond acceptors (Lipinski definition) is 2. The maximum atomic E-state index is 12.4. The second-order valence-electron chi connectivity index (χ2n) is 5.03. The van der Waals surface area contributed by atoms with Crippen LogP contribution in [-0.4, -0.2) is 16.6 Å². The number of nitrogens with one attached hydrogen (secondary N) is 1. The number of carbonyl (C=O) groups is 1. The molecule has 0 amide bonds. The molecule has 0 heterocycles. The Morgan fingerprint density at radius 2 is 1.95 bits per heavy atom. The molecule has 1 fully saturated rings. The van der Waals surface area contributed by atoms with Gasteiger partial charge in [-0.2, -0.15) is 13.2 Å². The quantitative estimate of drug-likeness (QED) is 0.884. The molecular weight excluding hydrogens is 259 g/mol. The molecular formula is C13H14F3NO2. The summed E-state index contributed by atoms with van der Waals surface area (Å²) in [5.41, 5.74) is -0.723. The molecule has 0 saturated heterocycles. The van der Waals surface area contributed by atoms with E-state index in [-0.39, 0.29) is 12.3 Å². The number of alkyl halides is 3. The standard InChI is InChI=1S/C13H14F3NO2/c1-8-6-12(8,7-11(18)19)17-10-4-2-9(3-5-10)13(14,15)16/h2-5,8,17H,6-7H2,1H3,(H,18,19)/t8-,12+/m0/s1. The van der Waals surface area contributed by atoms with Crippen LogP contribution in [0, 0.1) is 5.92 Å². The van der Waals surface area contributed by atoms with Gasteiger partial charge in [-0.25, -0.2) is 0 Å². The summed E-state index contributed by atoms with van der Waals surface area (Å²) in [4.78, 5) is 10.8. The minimum absolute atomic E-state index is 0.0326. The fraction of sp³-hybridized carbons (Fsp3) is 0.462. The Morgan fingerprint density at radius 3 is 2.32 bits per heavy atom. The fourth-order valence-corrected chi connectivity index (χ4v) is 2.25. The smallest absolute Gasteiger partial charge is 0.416 e. The van der Waals surface area contributed by atoms with E-state index in [1.807, 2.05) is 6.92 Å². The van der Waals surface area contributed by atoms with E-state index in [9.17, 15) is 18.0 Å². The van der Waals surface area contributed by atoms with Crippen molar-refractivity contribution in [3.05, 3.63) is 29.8 Å². The molecule has 1 aromatic carbocycles. The zero-order chi connectivity index (χ0) is 14.3. The summed E-state index contributed by atoms with van der Waals surface area (Å²) < 4.78 is 37.2. The van der Waals surface area contributed by atoms with Crippen molar-refractivity contribution in [1.82, 2.24) is 0 Å². The topological polar surface area (TPSA) is 49.3 Å². The van der Waals surface area contributed by atoms with Gasteiger partial charge >= 0.3 is 12.1 Å². The number of hydrogen-bond donors (Lipinski definition) is 2. The molecule has 1 saturated carbocycles. The third-order valence-electron chi connectivity index (χ3n) is 3.53. The first-order valence-electron chi connectivity index (χ1n) is 5.90. The molecule has 2 rings (SSSR count). The van der Waals surface area contributed by atoms with E-state index in [4.69, 9.17) is 5.11 Å². The third-order valence-corrected chi connectivity index (χ3v) is 3.53. The SMILES string of the molecule is C[C@H]1C[C@]1(CC(=O)O)Nc1ccc(C(F)(F)F)cc1. The van der Waals surface area contributed by atoms with E-state index in [0.29, 0.717) is 12.1 Å². The summed E-state index contributed by atoms with van der Waals surface area (Å²) >= 11 is 0. The normalized spacial score (nSPS) is 26.0. The molecule has 19 heavy (non-hydrogen) atoms. The van der Waals surface area contributed by atoms with Crippen molar-refractivity contribution in [1.29, 1.82) is 0 Å². The molecule has 0 aliphatic heterocycles. The summed E-state index contributed by atoms with van der Waals surface area (Å²) in [6.07, 6.45) is -3.68. The van der Waals surface area contributed by atoms with Crippen LogP contribution in [0.25, 0.3) is 0 Å². The number of rotatable bonds is 4. The van der Waals surface area contributed by atoms with Gasteiger partial charge in [-0.1, -0.05) is 6.92 Å². The van der Waals surface area contributed by atoms with Crippen LogP contribution in [0.1, 0.15) is 25.3 Å². The van der Waals surface area contributed by atoms with Gasteiger partial charge in [0.15, 0.2) is 0 Å². The number of aliphatic carboxylic acids is 1. The van der Waals surface area contributed by atoms with Crippen LogP contribution in [0.15, 0.2) is 24.3 Å². The summed E-state index contributed by atoms with van der Waals surface area (Å²) in [6.45, 7) is 1.92. The minimum atomic E-state index is -4.36. The lowest BCUT2D eigenvalue weighted by atomic mass is 10.1. The van der Waals surface area contributed by atoms with Crippen molar-refractivity contribution < 1.29 is 23.1 Å². The Labute approximate surface area is 108 Å². The van der Waals surface area contributed by atoms with E-state index in [1.165, 1.54) is 12.1 Å². The Balaban J connectivity index is 2.10. The maximum Gasteiger partial charge on any atom is 0.416 e. The molecule has 1 aliphatic rings. The molecule has 104 valence electrons. The summed E-state index contributed by atoms with van der Waals surface area (Å²) in [6, 6.07) is 4.64. The predicted molar refractivity (Wildman–Crippen MR) is 63.8 cm³/mol. The number of anilines is 1. The molecule has 3 nitrogen and oxygen atoms in total. The first-order valence-corrected chi connectivity index (χ1v) is 5.90. The molecule has 0 aromatic heterocycles. The second kappa shape index (κ2) is 4.43. The number of benzene rings is 1. The maximum absolute atomic E-state index is 12.4. The van der Waals surface area contributed by atoms with Crippen LogP contribution in [-0.2, 0) is 11.0 Å². The van der Waals surface area contributed by atoms with Gasteiger partial charge in [0.1, 0.15) is 0 Å². The van der Waals surface area contributed by atoms with Crippen molar-refractivity contribution in [3.63, 3.8) is 0 Å². The summed E-state index contributed by atoms with van der Waals surface area (Å²) in [5.74, 6) is -0.713. The van der Waals surface area contributed by atoms with E-state index in [0.717, 1.165) is 12.1 Å². The first-order chi connectivity index (χ1) is 8.73. The van der Waals surface area contributed by atoms with Crippen molar-refractivity contribution >= 4 is 11.7 Å². The highest BCUT2D eigenvalue weighted by Gasteiger charge is 2.52. The molecule has 1 aromatic rings. The van der Waals surface area contributed by atoms with Crippen molar-refractivity contribution in [3.8, 4) is 0 Å².